The first-order chi connectivity index (χ1) is 12.1. The van der Waals surface area contributed by atoms with Gasteiger partial charge in [0.05, 0.1) is 52.5 Å². The predicted octanol–water partition coefficient (Wildman–Crippen LogP) is 1.60. The molecule has 0 radical (unpaired) electrons. The van der Waals surface area contributed by atoms with E-state index < -0.39 is 58.8 Å². The minimum atomic E-state index is -4.80. The quantitative estimate of drug-likeness (QED) is 0.763. The van der Waals surface area contributed by atoms with E-state index in [2.05, 4.69) is 0 Å². The van der Waals surface area contributed by atoms with Crippen LogP contribution >= 0.6 is 0 Å². The Morgan fingerprint density at radius 3 is 2.65 bits per heavy atom. The van der Waals surface area contributed by atoms with E-state index in [1.54, 1.807) is 6.92 Å². The Morgan fingerprint density at radius 1 is 1.35 bits per heavy atom. The van der Waals surface area contributed by atoms with Crippen LogP contribution in [0.15, 0.2) is 18.2 Å². The third-order valence-corrected chi connectivity index (χ3v) is 5.45. The summed E-state index contributed by atoms with van der Waals surface area (Å²) in [5.41, 5.74) is -3.06. The molecule has 136 valence electrons. The van der Waals surface area contributed by atoms with Crippen LogP contribution in [0.1, 0.15) is 24.5 Å². The molecule has 0 aliphatic carbocycles. The van der Waals surface area contributed by atoms with E-state index in [1.165, 1.54) is 6.07 Å². The minimum absolute atomic E-state index is 0.187. The van der Waals surface area contributed by atoms with Crippen LogP contribution in [0.2, 0.25) is 0 Å². The van der Waals surface area contributed by atoms with E-state index in [1.807, 2.05) is 0 Å². The summed E-state index contributed by atoms with van der Waals surface area (Å²) in [4.78, 5) is 26.3. The zero-order chi connectivity index (χ0) is 19.0. The van der Waals surface area contributed by atoms with Crippen molar-refractivity contribution in [2.75, 3.05) is 4.90 Å². The number of halogens is 3. The molecule has 6 nitrogen and oxygen atoms in total. The lowest BCUT2D eigenvalue weighted by molar-refractivity contribution is -0.138. The molecule has 1 N–H and O–H groups in total. The van der Waals surface area contributed by atoms with Gasteiger partial charge in [-0.05, 0) is 25.1 Å². The number of rotatable bonds is 1. The number of imide groups is 1. The van der Waals surface area contributed by atoms with Crippen molar-refractivity contribution in [3.63, 3.8) is 0 Å². The zero-order valence-electron chi connectivity index (χ0n) is 13.4. The van der Waals surface area contributed by atoms with Crippen molar-refractivity contribution in [1.29, 1.82) is 5.26 Å². The molecule has 1 aromatic rings. The average molecular weight is 366 g/mol. The Morgan fingerprint density at radius 2 is 2.04 bits per heavy atom. The number of alkyl halides is 3. The number of nitrogens with zero attached hydrogens (tertiary/aromatic N) is 2. The SMILES string of the molecule is C[C@]12C[C@H](O)[C@@H](O1)C1C(=O)N(c3ccc(C#N)c(C(F)(F)F)c3)C(=O)[C@@H]12. The molecule has 1 aromatic carbocycles. The van der Waals surface area contributed by atoms with Crippen LogP contribution in [0.4, 0.5) is 18.9 Å². The molecule has 2 amide bonds. The highest BCUT2D eigenvalue weighted by Gasteiger charge is 2.70. The lowest BCUT2D eigenvalue weighted by atomic mass is 9.73. The van der Waals surface area contributed by atoms with Crippen molar-refractivity contribution >= 4 is 17.5 Å². The Hall–Kier alpha value is -2.44. The second-order valence-electron chi connectivity index (χ2n) is 7.02. The number of amides is 2. The van der Waals surface area contributed by atoms with Gasteiger partial charge < -0.3 is 9.84 Å². The summed E-state index contributed by atoms with van der Waals surface area (Å²) in [6, 6.07) is 4.18. The Labute approximate surface area is 145 Å². The van der Waals surface area contributed by atoms with Gasteiger partial charge in [0.15, 0.2) is 0 Å². The molecule has 2 bridgehead atoms. The molecule has 5 atom stereocenters. The number of aliphatic hydroxyl groups is 1. The van der Waals surface area contributed by atoms with Crippen molar-refractivity contribution in [2.45, 2.75) is 37.3 Å². The number of hydrogen-bond donors (Lipinski definition) is 1. The Balaban J connectivity index is 1.78. The van der Waals surface area contributed by atoms with Gasteiger partial charge in [-0.3, -0.25) is 9.59 Å². The molecular weight excluding hydrogens is 353 g/mol. The first-order valence-corrected chi connectivity index (χ1v) is 7.93. The molecule has 3 aliphatic heterocycles. The summed E-state index contributed by atoms with van der Waals surface area (Å²) >= 11 is 0. The Bertz CT molecular complexity index is 878. The van der Waals surface area contributed by atoms with E-state index in [-0.39, 0.29) is 12.1 Å². The maximum Gasteiger partial charge on any atom is 0.417 e. The van der Waals surface area contributed by atoms with Gasteiger partial charge in [0.25, 0.3) is 0 Å². The van der Waals surface area contributed by atoms with E-state index >= 15 is 0 Å². The van der Waals surface area contributed by atoms with Crippen LogP contribution in [-0.4, -0.2) is 34.7 Å². The molecule has 3 heterocycles. The fourth-order valence-corrected chi connectivity index (χ4v) is 4.40. The first-order valence-electron chi connectivity index (χ1n) is 7.93. The molecule has 3 saturated heterocycles. The number of carbonyl (C=O) groups excluding carboxylic acids is 2. The molecule has 1 unspecified atom stereocenters. The molecule has 0 saturated carbocycles. The average Bonchev–Trinajstić information content (AvgIpc) is 3.12. The van der Waals surface area contributed by atoms with Crippen LogP contribution in [0.5, 0.6) is 0 Å². The number of aliphatic hydroxyl groups excluding tert-OH is 1. The van der Waals surface area contributed by atoms with Crippen LogP contribution in [0.25, 0.3) is 0 Å². The molecule has 4 rings (SSSR count). The summed E-state index contributed by atoms with van der Waals surface area (Å²) < 4.78 is 45.2. The fourth-order valence-electron chi connectivity index (χ4n) is 4.40. The van der Waals surface area contributed by atoms with Gasteiger partial charge in [-0.15, -0.1) is 0 Å². The van der Waals surface area contributed by atoms with Crippen LogP contribution in [-0.2, 0) is 20.5 Å². The molecule has 3 aliphatic rings. The Kier molecular flexibility index (Phi) is 3.30. The lowest BCUT2D eigenvalue weighted by Crippen LogP contribution is -2.42. The third kappa shape index (κ3) is 2.06. The number of nitriles is 1. The second kappa shape index (κ2) is 5.05. The maximum atomic E-state index is 13.2. The van der Waals surface area contributed by atoms with Gasteiger partial charge in [-0.2, -0.15) is 18.4 Å². The van der Waals surface area contributed by atoms with Crippen molar-refractivity contribution in [3.8, 4) is 6.07 Å². The molecule has 0 spiro atoms. The van der Waals surface area contributed by atoms with Crippen LogP contribution in [0, 0.1) is 23.2 Å². The summed E-state index contributed by atoms with van der Waals surface area (Å²) in [6.07, 6.45) is -6.35. The highest BCUT2D eigenvalue weighted by atomic mass is 19.4. The monoisotopic (exact) mass is 366 g/mol. The van der Waals surface area contributed by atoms with Crippen molar-refractivity contribution in [1.82, 2.24) is 0 Å². The largest absolute Gasteiger partial charge is 0.417 e. The van der Waals surface area contributed by atoms with Gasteiger partial charge in [0.1, 0.15) is 0 Å². The molecule has 26 heavy (non-hydrogen) atoms. The van der Waals surface area contributed by atoms with Gasteiger partial charge in [0, 0.05) is 6.42 Å². The first kappa shape index (κ1) is 17.0. The third-order valence-electron chi connectivity index (χ3n) is 5.45. The smallest absolute Gasteiger partial charge is 0.390 e. The van der Waals surface area contributed by atoms with E-state index in [0.717, 1.165) is 17.0 Å². The molecular formula is C17H13F3N2O4. The van der Waals surface area contributed by atoms with Gasteiger partial charge >= 0.3 is 6.18 Å². The van der Waals surface area contributed by atoms with E-state index in [0.29, 0.717) is 6.07 Å². The van der Waals surface area contributed by atoms with E-state index in [9.17, 15) is 27.9 Å². The number of benzene rings is 1. The molecule has 0 aromatic heterocycles. The fraction of sp³-hybridized carbons (Fsp3) is 0.471. The standard InChI is InChI=1S/C17H13F3N2O4/c1-16-5-10(23)13(26-16)11-12(16)15(25)22(14(11)24)8-3-2-7(6-21)9(4-8)17(18,19)20/h2-4,10-13,23H,5H2,1H3/t10-,11?,12+,13+,16+/m0/s1. The van der Waals surface area contributed by atoms with Gasteiger partial charge in [0.2, 0.25) is 11.8 Å². The number of ether oxygens (including phenoxy) is 1. The van der Waals surface area contributed by atoms with Crippen molar-refractivity contribution < 1.29 is 32.6 Å². The highest BCUT2D eigenvalue weighted by Crippen LogP contribution is 2.55. The number of carbonyl (C=O) groups is 2. The van der Waals surface area contributed by atoms with Gasteiger partial charge in [-0.25, -0.2) is 4.90 Å². The maximum absolute atomic E-state index is 13.2. The molecule has 9 heteroatoms. The predicted molar refractivity (Wildman–Crippen MR) is 79.5 cm³/mol. The summed E-state index contributed by atoms with van der Waals surface area (Å²) in [7, 11) is 0. The second-order valence-corrected chi connectivity index (χ2v) is 7.02. The normalized spacial score (nSPS) is 35.8. The topological polar surface area (TPSA) is 90.6 Å². The number of fused-ring (bicyclic) bond motifs is 5. The van der Waals surface area contributed by atoms with Crippen LogP contribution in [0.3, 0.4) is 0 Å². The van der Waals surface area contributed by atoms with Crippen molar-refractivity contribution in [3.05, 3.63) is 29.3 Å². The number of anilines is 1. The minimum Gasteiger partial charge on any atom is -0.390 e. The molecule has 3 fully saturated rings. The number of hydrogen-bond acceptors (Lipinski definition) is 5. The summed E-state index contributed by atoms with van der Waals surface area (Å²) in [5.74, 6) is -3.09. The van der Waals surface area contributed by atoms with Crippen molar-refractivity contribution in [2.24, 2.45) is 11.8 Å². The zero-order valence-corrected chi connectivity index (χ0v) is 13.4. The summed E-state index contributed by atoms with van der Waals surface area (Å²) in [6.45, 7) is 1.62. The van der Waals surface area contributed by atoms with Gasteiger partial charge in [-0.1, -0.05) is 0 Å². The van der Waals surface area contributed by atoms with Crippen LogP contribution < -0.4 is 4.90 Å². The lowest BCUT2D eigenvalue weighted by Gasteiger charge is -2.27. The van der Waals surface area contributed by atoms with E-state index in [4.69, 9.17) is 10.00 Å². The summed E-state index contributed by atoms with van der Waals surface area (Å²) in [5, 5.41) is 18.9. The highest BCUT2D eigenvalue weighted by molar-refractivity contribution is 6.23.